The number of halogens is 1. The number of thiazole rings is 1. The van der Waals surface area contributed by atoms with Gasteiger partial charge in [0.25, 0.3) is 5.91 Å². The Balaban J connectivity index is 1.81. The van der Waals surface area contributed by atoms with Gasteiger partial charge in [-0.1, -0.05) is 55.0 Å². The van der Waals surface area contributed by atoms with Crippen LogP contribution in [-0.4, -0.2) is 56.2 Å². The molecular weight excluding hydrogens is 478 g/mol. The zero-order chi connectivity index (χ0) is 23.5. The maximum atomic E-state index is 13.8. The number of anilines is 1. The van der Waals surface area contributed by atoms with Crippen LogP contribution in [-0.2, 0) is 0 Å². The van der Waals surface area contributed by atoms with Gasteiger partial charge in [-0.25, -0.2) is 4.98 Å². The molecule has 0 atom stereocenters. The lowest BCUT2D eigenvalue weighted by Crippen LogP contribution is -2.38. The van der Waals surface area contributed by atoms with Crippen LogP contribution < -0.4 is 14.4 Å². The Kier molecular flexibility index (Phi) is 7.38. The van der Waals surface area contributed by atoms with Gasteiger partial charge < -0.3 is 14.4 Å². The van der Waals surface area contributed by atoms with Crippen molar-refractivity contribution in [3.8, 4) is 11.5 Å². The van der Waals surface area contributed by atoms with E-state index in [1.54, 1.807) is 19.1 Å². The van der Waals surface area contributed by atoms with Crippen LogP contribution in [0.4, 0.5) is 5.13 Å². The Bertz CT molecular complexity index is 1240. The summed E-state index contributed by atoms with van der Waals surface area (Å²) in [5.41, 5.74) is 0.680. The summed E-state index contributed by atoms with van der Waals surface area (Å²) < 4.78 is 12.9. The molecular formula is C24H26ClN3O3S2. The molecule has 2 aromatic carbocycles. The molecule has 0 N–H and O–H groups in total. The van der Waals surface area contributed by atoms with E-state index in [1.165, 1.54) is 22.7 Å². The molecule has 0 radical (unpaired) electrons. The van der Waals surface area contributed by atoms with E-state index in [1.807, 2.05) is 36.4 Å². The van der Waals surface area contributed by atoms with Gasteiger partial charge in [0.15, 0.2) is 5.13 Å². The lowest BCUT2D eigenvalue weighted by atomic mass is 10.2. The van der Waals surface area contributed by atoms with Crippen molar-refractivity contribution in [3.05, 3.63) is 46.3 Å². The normalized spacial score (nSPS) is 11.5. The quantitative estimate of drug-likeness (QED) is 0.273. The molecule has 2 heterocycles. The number of methoxy groups -OCH3 is 2. The Morgan fingerprint density at radius 2 is 1.70 bits per heavy atom. The number of amides is 1. The Morgan fingerprint density at radius 3 is 2.36 bits per heavy atom. The third-order valence-electron chi connectivity index (χ3n) is 5.64. The molecule has 0 aliphatic rings. The van der Waals surface area contributed by atoms with E-state index in [0.717, 1.165) is 34.4 Å². The van der Waals surface area contributed by atoms with Gasteiger partial charge in [0.05, 0.1) is 19.2 Å². The fraction of sp³-hybridized carbons (Fsp3) is 0.333. The molecule has 0 spiro atoms. The SMILES string of the molecule is CCN(CC)CCN(C(=O)c1sc2ccccc2c1Cl)c1nc2c(OC)ccc(OC)c2s1. The van der Waals surface area contributed by atoms with Gasteiger partial charge >= 0.3 is 0 Å². The number of ether oxygens (including phenoxy) is 2. The summed E-state index contributed by atoms with van der Waals surface area (Å²) >= 11 is 9.50. The summed E-state index contributed by atoms with van der Waals surface area (Å²) in [7, 11) is 3.24. The molecule has 0 unspecified atom stereocenters. The van der Waals surface area contributed by atoms with Gasteiger partial charge in [-0.2, -0.15) is 0 Å². The molecule has 0 saturated heterocycles. The van der Waals surface area contributed by atoms with Gasteiger partial charge in [-0.05, 0) is 31.3 Å². The zero-order valence-electron chi connectivity index (χ0n) is 19.1. The average molecular weight is 504 g/mol. The van der Waals surface area contributed by atoms with Crippen molar-refractivity contribution < 1.29 is 14.3 Å². The van der Waals surface area contributed by atoms with Crippen molar-refractivity contribution in [2.75, 3.05) is 45.3 Å². The lowest BCUT2D eigenvalue weighted by molar-refractivity contribution is 0.0988. The molecule has 0 bridgehead atoms. The molecule has 0 saturated carbocycles. The maximum Gasteiger partial charge on any atom is 0.271 e. The number of hydrogen-bond donors (Lipinski definition) is 0. The smallest absolute Gasteiger partial charge is 0.271 e. The van der Waals surface area contributed by atoms with Crippen LogP contribution in [0, 0.1) is 0 Å². The second kappa shape index (κ2) is 10.3. The maximum absolute atomic E-state index is 13.8. The summed E-state index contributed by atoms with van der Waals surface area (Å²) in [6.07, 6.45) is 0. The molecule has 33 heavy (non-hydrogen) atoms. The number of thiophene rings is 1. The number of likely N-dealkylation sites (N-methyl/N-ethyl adjacent to an activating group) is 1. The minimum absolute atomic E-state index is 0.148. The zero-order valence-corrected chi connectivity index (χ0v) is 21.4. The van der Waals surface area contributed by atoms with Gasteiger partial charge in [0, 0.05) is 23.2 Å². The Labute approximate surface area is 206 Å². The summed E-state index contributed by atoms with van der Waals surface area (Å²) in [4.78, 5) is 23.2. The summed E-state index contributed by atoms with van der Waals surface area (Å²) in [5.74, 6) is 1.19. The van der Waals surface area contributed by atoms with E-state index in [4.69, 9.17) is 26.1 Å². The number of rotatable bonds is 9. The van der Waals surface area contributed by atoms with Crippen LogP contribution in [0.2, 0.25) is 5.02 Å². The van der Waals surface area contributed by atoms with Crippen molar-refractivity contribution in [2.24, 2.45) is 0 Å². The van der Waals surface area contributed by atoms with E-state index in [-0.39, 0.29) is 5.91 Å². The highest BCUT2D eigenvalue weighted by atomic mass is 35.5. The number of nitrogens with zero attached hydrogens (tertiary/aromatic N) is 3. The highest BCUT2D eigenvalue weighted by Gasteiger charge is 2.27. The van der Waals surface area contributed by atoms with Crippen LogP contribution in [0.15, 0.2) is 36.4 Å². The minimum atomic E-state index is -0.148. The van der Waals surface area contributed by atoms with Crippen molar-refractivity contribution in [1.29, 1.82) is 0 Å². The first-order chi connectivity index (χ1) is 16.0. The summed E-state index contributed by atoms with van der Waals surface area (Å²) in [5, 5.41) is 1.98. The lowest BCUT2D eigenvalue weighted by Gasteiger charge is -2.24. The van der Waals surface area contributed by atoms with E-state index >= 15 is 0 Å². The average Bonchev–Trinajstić information content (AvgIpc) is 3.43. The molecule has 9 heteroatoms. The van der Waals surface area contributed by atoms with E-state index in [2.05, 4.69) is 18.7 Å². The fourth-order valence-electron chi connectivity index (χ4n) is 3.73. The topological polar surface area (TPSA) is 54.9 Å². The number of fused-ring (bicyclic) bond motifs is 2. The number of carbonyl (C=O) groups excluding carboxylic acids is 1. The number of benzene rings is 2. The van der Waals surface area contributed by atoms with E-state index in [9.17, 15) is 4.79 Å². The van der Waals surface area contributed by atoms with E-state index in [0.29, 0.717) is 38.6 Å². The first kappa shape index (κ1) is 23.8. The molecule has 1 amide bonds. The van der Waals surface area contributed by atoms with Crippen LogP contribution in [0.1, 0.15) is 23.5 Å². The van der Waals surface area contributed by atoms with Crippen LogP contribution >= 0.6 is 34.3 Å². The first-order valence-electron chi connectivity index (χ1n) is 10.7. The molecule has 2 aromatic heterocycles. The Hall–Kier alpha value is -2.39. The van der Waals surface area contributed by atoms with E-state index < -0.39 is 0 Å². The van der Waals surface area contributed by atoms with Gasteiger partial charge in [0.2, 0.25) is 0 Å². The van der Waals surface area contributed by atoms with Crippen molar-refractivity contribution in [2.45, 2.75) is 13.8 Å². The highest BCUT2D eigenvalue weighted by molar-refractivity contribution is 7.23. The number of aromatic nitrogens is 1. The third kappa shape index (κ3) is 4.53. The predicted molar refractivity (Wildman–Crippen MR) is 139 cm³/mol. The van der Waals surface area contributed by atoms with Crippen molar-refractivity contribution in [1.82, 2.24) is 9.88 Å². The van der Waals surface area contributed by atoms with Crippen molar-refractivity contribution in [3.63, 3.8) is 0 Å². The number of carbonyl (C=O) groups is 1. The monoisotopic (exact) mass is 503 g/mol. The fourth-order valence-corrected chi connectivity index (χ4v) is 6.29. The Morgan fingerprint density at radius 1 is 1.00 bits per heavy atom. The first-order valence-corrected chi connectivity index (χ1v) is 12.8. The van der Waals surface area contributed by atoms with Gasteiger partial charge in [-0.15, -0.1) is 11.3 Å². The highest BCUT2D eigenvalue weighted by Crippen LogP contribution is 2.42. The molecule has 6 nitrogen and oxygen atoms in total. The molecule has 4 aromatic rings. The molecule has 174 valence electrons. The predicted octanol–water partition coefficient (Wildman–Crippen LogP) is 6.17. The minimum Gasteiger partial charge on any atom is -0.495 e. The molecule has 0 fully saturated rings. The largest absolute Gasteiger partial charge is 0.495 e. The molecule has 0 aliphatic heterocycles. The molecule has 4 rings (SSSR count). The number of hydrogen-bond acceptors (Lipinski definition) is 7. The van der Waals surface area contributed by atoms with Gasteiger partial charge in [0.1, 0.15) is 26.6 Å². The van der Waals surface area contributed by atoms with Crippen LogP contribution in [0.5, 0.6) is 11.5 Å². The van der Waals surface area contributed by atoms with Crippen molar-refractivity contribution >= 4 is 65.6 Å². The summed E-state index contributed by atoms with van der Waals surface area (Å²) in [6.45, 7) is 7.27. The van der Waals surface area contributed by atoms with Crippen LogP contribution in [0.3, 0.4) is 0 Å². The van der Waals surface area contributed by atoms with Gasteiger partial charge in [-0.3, -0.25) is 9.69 Å². The summed E-state index contributed by atoms with van der Waals surface area (Å²) in [6, 6.07) is 11.5. The third-order valence-corrected chi connectivity index (χ3v) is 8.39. The van der Waals surface area contributed by atoms with Crippen LogP contribution in [0.25, 0.3) is 20.3 Å². The second-order valence-corrected chi connectivity index (χ2v) is 9.78. The standard InChI is InChI=1S/C24H26ClN3O3S2/c1-5-27(6-2)13-14-28(23(29)22-19(25)15-9-7-8-10-18(15)32-22)24-26-20-16(30-3)11-12-17(31-4)21(20)33-24/h7-12H,5-6,13-14H2,1-4H3. The second-order valence-electron chi connectivity index (χ2n) is 7.37. The molecule has 0 aliphatic carbocycles.